The van der Waals surface area contributed by atoms with Crippen molar-refractivity contribution in [2.75, 3.05) is 37.8 Å². The number of benzene rings is 2. The van der Waals surface area contributed by atoms with Gasteiger partial charge in [0, 0.05) is 60.9 Å². The fourth-order valence-corrected chi connectivity index (χ4v) is 8.82. The van der Waals surface area contributed by atoms with E-state index in [1.54, 1.807) is 12.1 Å². The molecular weight excluding hydrogens is 607 g/mol. The molecule has 5 N–H and O–H groups in total. The van der Waals surface area contributed by atoms with Crippen molar-refractivity contribution in [3.05, 3.63) is 36.4 Å². The molecule has 2 fully saturated rings. The number of Topliss-reactive ketones (excluding diaryl/α,β-unsaturated/α-hetero) is 1. The minimum atomic E-state index is -3.52. The second-order valence-corrected chi connectivity index (χ2v) is 15.3. The molecule has 0 aliphatic carbocycles. The number of carbonyl (C=O) groups excluding carboxylic acids is 2. The Bertz CT molecular complexity index is 1320. The number of hydrogen-bond acceptors (Lipinski definition) is 7. The van der Waals surface area contributed by atoms with Crippen LogP contribution in [-0.2, 0) is 14.8 Å². The minimum Gasteiger partial charge on any atom is -0.377 e. The average molecular weight is 662 g/mol. The number of unbranched alkanes of at least 4 members (excludes halogenated alkanes) is 7. The molecule has 0 spiro atoms. The van der Waals surface area contributed by atoms with Crippen molar-refractivity contribution in [2.45, 2.75) is 113 Å². The van der Waals surface area contributed by atoms with Crippen LogP contribution in [0, 0.1) is 0 Å². The lowest BCUT2D eigenvalue weighted by Crippen LogP contribution is -2.36. The van der Waals surface area contributed by atoms with E-state index >= 15 is 0 Å². The Balaban J connectivity index is 0.000000246. The summed E-state index contributed by atoms with van der Waals surface area (Å²) in [6, 6.07) is 11.7. The Morgan fingerprint density at radius 2 is 1.62 bits per heavy atom. The van der Waals surface area contributed by atoms with Crippen LogP contribution in [0.25, 0.3) is 10.8 Å². The van der Waals surface area contributed by atoms with E-state index in [4.69, 9.17) is 5.73 Å². The van der Waals surface area contributed by atoms with E-state index in [1.165, 1.54) is 25.7 Å². The lowest BCUT2D eigenvalue weighted by molar-refractivity contribution is -0.119. The molecule has 0 saturated carbocycles. The first-order chi connectivity index (χ1) is 21.7. The molecule has 3 atom stereocenters. The summed E-state index contributed by atoms with van der Waals surface area (Å²) < 4.78 is 27.9. The molecule has 0 radical (unpaired) electrons. The van der Waals surface area contributed by atoms with Gasteiger partial charge in [-0.15, -0.1) is 0 Å². The zero-order valence-electron chi connectivity index (χ0n) is 27.5. The van der Waals surface area contributed by atoms with Crippen LogP contribution in [0.3, 0.4) is 0 Å². The van der Waals surface area contributed by atoms with Crippen molar-refractivity contribution in [1.82, 2.24) is 15.4 Å². The van der Waals surface area contributed by atoms with Crippen molar-refractivity contribution < 1.29 is 18.0 Å². The highest BCUT2D eigenvalue weighted by Crippen LogP contribution is 2.33. The first kappa shape index (κ1) is 37.1. The Morgan fingerprint density at radius 1 is 0.933 bits per heavy atom. The van der Waals surface area contributed by atoms with Gasteiger partial charge >= 0.3 is 6.03 Å². The number of fused-ring (bicyclic) bond motifs is 2. The molecule has 0 aromatic heterocycles. The maximum atomic E-state index is 12.6. The van der Waals surface area contributed by atoms with Gasteiger partial charge in [0.25, 0.3) is 0 Å². The summed E-state index contributed by atoms with van der Waals surface area (Å²) in [5.74, 6) is 1.45. The highest BCUT2D eigenvalue weighted by atomic mass is 32.2. The number of ketones is 1. The van der Waals surface area contributed by atoms with Gasteiger partial charge in [-0.05, 0) is 50.8 Å². The summed E-state index contributed by atoms with van der Waals surface area (Å²) in [7, 11) is 0.384. The van der Waals surface area contributed by atoms with Gasteiger partial charge in [0.15, 0.2) is 0 Å². The highest BCUT2D eigenvalue weighted by molar-refractivity contribution is 8.00. The van der Waals surface area contributed by atoms with Gasteiger partial charge in [0.1, 0.15) is 5.78 Å². The van der Waals surface area contributed by atoms with Crippen molar-refractivity contribution >= 4 is 50.1 Å². The molecule has 0 bridgehead atoms. The molecule has 2 aromatic rings. The Kier molecular flexibility index (Phi) is 16.0. The van der Waals surface area contributed by atoms with Crippen molar-refractivity contribution in [1.29, 1.82) is 0 Å². The number of nitrogens with zero attached hydrogens (tertiary/aromatic N) is 1. The van der Waals surface area contributed by atoms with Crippen LogP contribution in [0.1, 0.15) is 90.4 Å². The van der Waals surface area contributed by atoms with E-state index in [2.05, 4.69) is 22.3 Å². The molecule has 4 rings (SSSR count). The Labute approximate surface area is 275 Å². The summed E-state index contributed by atoms with van der Waals surface area (Å²) >= 11 is 1.95. The van der Waals surface area contributed by atoms with Gasteiger partial charge in [-0.25, -0.2) is 17.9 Å². The second kappa shape index (κ2) is 19.4. The smallest absolute Gasteiger partial charge is 0.315 e. The average Bonchev–Trinajstić information content (AvgIpc) is 3.57. The maximum Gasteiger partial charge on any atom is 0.315 e. The van der Waals surface area contributed by atoms with Crippen LogP contribution in [-0.4, -0.2) is 70.5 Å². The molecule has 2 aliphatic heterocycles. The lowest BCUT2D eigenvalue weighted by Gasteiger charge is -2.17. The lowest BCUT2D eigenvalue weighted by atomic mass is 10.0. The molecule has 11 heteroatoms. The maximum absolute atomic E-state index is 12.6. The predicted molar refractivity (Wildman–Crippen MR) is 189 cm³/mol. The van der Waals surface area contributed by atoms with Gasteiger partial charge < -0.3 is 21.3 Å². The van der Waals surface area contributed by atoms with E-state index in [1.807, 2.05) is 55.0 Å². The number of nitrogens with two attached hydrogens (primary N) is 1. The number of anilines is 1. The molecule has 2 unspecified atom stereocenters. The van der Waals surface area contributed by atoms with Crippen LogP contribution in [0.2, 0.25) is 0 Å². The molecular formula is C34H55N5O4S2. The molecule has 2 amide bonds. The number of sulfonamides is 1. The molecule has 2 aliphatic rings. The topological polar surface area (TPSA) is 134 Å². The monoisotopic (exact) mass is 661 g/mol. The van der Waals surface area contributed by atoms with Crippen LogP contribution in [0.4, 0.5) is 10.5 Å². The predicted octanol–water partition coefficient (Wildman–Crippen LogP) is 5.95. The zero-order chi connectivity index (χ0) is 32.7. The van der Waals surface area contributed by atoms with Crippen LogP contribution in [0.15, 0.2) is 41.3 Å². The van der Waals surface area contributed by atoms with E-state index < -0.39 is 10.0 Å². The van der Waals surface area contributed by atoms with E-state index in [-0.39, 0.29) is 6.03 Å². The number of amides is 2. The van der Waals surface area contributed by atoms with E-state index in [0.29, 0.717) is 41.1 Å². The number of rotatable bonds is 19. The third-order valence-corrected chi connectivity index (χ3v) is 11.5. The van der Waals surface area contributed by atoms with E-state index in [9.17, 15) is 18.0 Å². The fraction of sp³-hybridized carbons (Fsp3) is 0.647. The summed E-state index contributed by atoms with van der Waals surface area (Å²) in [5.41, 5.74) is 6.45. The highest BCUT2D eigenvalue weighted by Gasteiger charge is 2.42. The summed E-state index contributed by atoms with van der Waals surface area (Å²) in [6.45, 7) is 3.29. The van der Waals surface area contributed by atoms with Gasteiger partial charge in [0.05, 0.1) is 17.0 Å². The normalized spacial score (nSPS) is 19.0. The Hall–Kier alpha value is -2.34. The van der Waals surface area contributed by atoms with Crippen LogP contribution >= 0.6 is 11.8 Å². The van der Waals surface area contributed by atoms with Crippen LogP contribution < -0.4 is 26.0 Å². The summed E-state index contributed by atoms with van der Waals surface area (Å²) in [4.78, 5) is 25.5. The van der Waals surface area contributed by atoms with Gasteiger partial charge in [-0.3, -0.25) is 4.79 Å². The number of urea groups is 1. The fourth-order valence-electron chi connectivity index (χ4n) is 5.98. The zero-order valence-corrected chi connectivity index (χ0v) is 29.1. The third kappa shape index (κ3) is 11.8. The number of thioether (sulfide) groups is 1. The summed E-state index contributed by atoms with van der Waals surface area (Å²) in [6.07, 6.45) is 13.4. The van der Waals surface area contributed by atoms with Crippen LogP contribution in [0.5, 0.6) is 0 Å². The summed E-state index contributed by atoms with van der Waals surface area (Å²) in [5, 5.41) is 8.19. The second-order valence-electron chi connectivity index (χ2n) is 12.3. The third-order valence-electron chi connectivity index (χ3n) is 8.49. The molecule has 2 aromatic carbocycles. The first-order valence-corrected chi connectivity index (χ1v) is 19.3. The number of hydrogen-bond donors (Lipinski definition) is 4. The van der Waals surface area contributed by atoms with Gasteiger partial charge in [-0.2, -0.15) is 11.8 Å². The number of nitrogens with one attached hydrogen (secondary N) is 3. The molecule has 45 heavy (non-hydrogen) atoms. The molecule has 2 heterocycles. The number of carbonyl (C=O) groups is 2. The van der Waals surface area contributed by atoms with Crippen molar-refractivity contribution in [2.24, 2.45) is 5.73 Å². The minimum absolute atomic E-state index is 0.0152. The van der Waals surface area contributed by atoms with E-state index in [0.717, 1.165) is 80.0 Å². The van der Waals surface area contributed by atoms with Gasteiger partial charge in [0.2, 0.25) is 10.0 Å². The van der Waals surface area contributed by atoms with Gasteiger partial charge in [-0.1, -0.05) is 69.7 Å². The molecule has 252 valence electrons. The Morgan fingerprint density at radius 3 is 2.36 bits per heavy atom. The first-order valence-electron chi connectivity index (χ1n) is 16.8. The van der Waals surface area contributed by atoms with Crippen molar-refractivity contribution in [3.63, 3.8) is 0 Å². The van der Waals surface area contributed by atoms with Crippen molar-refractivity contribution in [3.8, 4) is 0 Å². The largest absolute Gasteiger partial charge is 0.377 e. The SMILES string of the molecule is CCCCCCCC(=O)CCCC[C@@H]1SCC2NC(=O)NC21.CN(C)c1cccc2c(S(=O)(=O)NCCCCCN)cccc12. The molecule has 2 saturated heterocycles. The standard InChI is InChI=1S/C17H25N3O2S.C17H30N2O2S/c1-20(2)16-10-6-9-15-14(16)8-7-11-17(15)23(21,22)19-13-5-3-4-12-18;1-2-3-4-5-6-9-13(20)10-7-8-11-15-16-14(12-22-15)18-17(21)19-16/h6-11,19H,3-5,12-13,18H2,1-2H3;14-16H,2-12H2,1H3,(H2,18,19,21)/t;14?,15-,16?/m.0/s1. The quantitative estimate of drug-likeness (QED) is 0.108. The molecule has 9 nitrogen and oxygen atoms in total.